The highest BCUT2D eigenvalue weighted by Gasteiger charge is 2.06. The molecule has 4 heteroatoms. The van der Waals surface area contributed by atoms with Gasteiger partial charge in [0.05, 0.1) is 0 Å². The van der Waals surface area contributed by atoms with Crippen LogP contribution in [0.2, 0.25) is 0 Å². The molecule has 0 aliphatic rings. The molecule has 0 aliphatic carbocycles. The average molecular weight is 269 g/mol. The quantitative estimate of drug-likeness (QED) is 0.781. The number of benzene rings is 2. The van der Waals surface area contributed by atoms with Crippen LogP contribution in [0.3, 0.4) is 0 Å². The van der Waals surface area contributed by atoms with Crippen molar-refractivity contribution < 1.29 is 4.79 Å². The summed E-state index contributed by atoms with van der Waals surface area (Å²) in [5.74, 6) is 0. The summed E-state index contributed by atoms with van der Waals surface area (Å²) in [6, 6.07) is 18.9. The van der Waals surface area contributed by atoms with Crippen LogP contribution < -0.4 is 16.4 Å². The zero-order chi connectivity index (χ0) is 14.2. The van der Waals surface area contributed by atoms with Crippen LogP contribution in [-0.2, 0) is 0 Å². The standard InChI is InChI=1S/C16H19N3O/c17-15(13-7-3-1-4-8-13)11-12-18-16(20)19-14-9-5-2-6-10-14/h1-10,15H,11-12,17H2,(H2,18,19,20). The Bertz CT molecular complexity index is 528. The summed E-state index contributed by atoms with van der Waals surface area (Å²) in [7, 11) is 0. The van der Waals surface area contributed by atoms with Crippen LogP contribution in [0.25, 0.3) is 0 Å². The number of carbonyl (C=O) groups excluding carboxylic acids is 1. The number of nitrogens with one attached hydrogen (secondary N) is 2. The first kappa shape index (κ1) is 14.1. The molecule has 0 heterocycles. The SMILES string of the molecule is NC(CCNC(=O)Nc1ccccc1)c1ccccc1. The van der Waals surface area contributed by atoms with E-state index in [1.807, 2.05) is 60.7 Å². The summed E-state index contributed by atoms with van der Waals surface area (Å²) < 4.78 is 0. The molecule has 20 heavy (non-hydrogen) atoms. The molecule has 4 N–H and O–H groups in total. The number of carbonyl (C=O) groups is 1. The van der Waals surface area contributed by atoms with Gasteiger partial charge in [0.15, 0.2) is 0 Å². The minimum Gasteiger partial charge on any atom is -0.338 e. The van der Waals surface area contributed by atoms with E-state index in [2.05, 4.69) is 10.6 Å². The number of nitrogens with two attached hydrogens (primary N) is 1. The van der Waals surface area contributed by atoms with Gasteiger partial charge in [-0.25, -0.2) is 4.79 Å². The van der Waals surface area contributed by atoms with E-state index in [4.69, 9.17) is 5.73 Å². The zero-order valence-corrected chi connectivity index (χ0v) is 11.3. The van der Waals surface area contributed by atoms with Crippen molar-refractivity contribution in [1.82, 2.24) is 5.32 Å². The van der Waals surface area contributed by atoms with Crippen LogP contribution >= 0.6 is 0 Å². The van der Waals surface area contributed by atoms with Crippen molar-refractivity contribution in [2.75, 3.05) is 11.9 Å². The van der Waals surface area contributed by atoms with Gasteiger partial charge in [-0.2, -0.15) is 0 Å². The van der Waals surface area contributed by atoms with Gasteiger partial charge in [-0.05, 0) is 24.1 Å². The Morgan fingerprint density at radius 2 is 1.60 bits per heavy atom. The van der Waals surface area contributed by atoms with Gasteiger partial charge in [0.25, 0.3) is 0 Å². The summed E-state index contributed by atoms with van der Waals surface area (Å²) in [6.45, 7) is 0.536. The Kier molecular flexibility index (Phi) is 5.15. The summed E-state index contributed by atoms with van der Waals surface area (Å²) in [4.78, 5) is 11.7. The van der Waals surface area contributed by atoms with Crippen LogP contribution in [0.1, 0.15) is 18.0 Å². The van der Waals surface area contributed by atoms with Gasteiger partial charge in [-0.15, -0.1) is 0 Å². The zero-order valence-electron chi connectivity index (χ0n) is 11.3. The van der Waals surface area contributed by atoms with Crippen molar-refractivity contribution in [2.45, 2.75) is 12.5 Å². The van der Waals surface area contributed by atoms with Gasteiger partial charge in [-0.1, -0.05) is 48.5 Å². The largest absolute Gasteiger partial charge is 0.338 e. The lowest BCUT2D eigenvalue weighted by Gasteiger charge is -2.13. The highest BCUT2D eigenvalue weighted by molar-refractivity contribution is 5.89. The van der Waals surface area contributed by atoms with Crippen LogP contribution in [0, 0.1) is 0 Å². The van der Waals surface area contributed by atoms with E-state index in [9.17, 15) is 4.79 Å². The molecule has 0 bridgehead atoms. The Hall–Kier alpha value is -2.33. The summed E-state index contributed by atoms with van der Waals surface area (Å²) in [5, 5.41) is 5.57. The van der Waals surface area contributed by atoms with Gasteiger partial charge < -0.3 is 16.4 Å². The third-order valence-electron chi connectivity index (χ3n) is 3.00. The van der Waals surface area contributed by atoms with Crippen LogP contribution in [0.15, 0.2) is 60.7 Å². The van der Waals surface area contributed by atoms with Gasteiger partial charge in [0.1, 0.15) is 0 Å². The predicted molar refractivity (Wildman–Crippen MR) is 81.5 cm³/mol. The van der Waals surface area contributed by atoms with Crippen molar-refractivity contribution >= 4 is 11.7 Å². The van der Waals surface area contributed by atoms with Gasteiger partial charge >= 0.3 is 6.03 Å². The Morgan fingerprint density at radius 3 is 2.25 bits per heavy atom. The maximum Gasteiger partial charge on any atom is 0.319 e. The second-order valence-corrected chi connectivity index (χ2v) is 4.55. The maximum atomic E-state index is 11.7. The van der Waals surface area contributed by atoms with E-state index in [1.54, 1.807) is 0 Å². The Balaban J connectivity index is 1.72. The third-order valence-corrected chi connectivity index (χ3v) is 3.00. The number of anilines is 1. The second kappa shape index (κ2) is 7.31. The molecule has 2 rings (SSSR count). The fourth-order valence-electron chi connectivity index (χ4n) is 1.90. The number of para-hydroxylation sites is 1. The average Bonchev–Trinajstić information content (AvgIpc) is 2.49. The first-order valence-electron chi connectivity index (χ1n) is 6.66. The molecule has 0 fully saturated rings. The molecular weight excluding hydrogens is 250 g/mol. The molecule has 0 spiro atoms. The maximum absolute atomic E-state index is 11.7. The lowest BCUT2D eigenvalue weighted by molar-refractivity contribution is 0.251. The van der Waals surface area contributed by atoms with E-state index in [0.29, 0.717) is 13.0 Å². The molecule has 0 aromatic heterocycles. The smallest absolute Gasteiger partial charge is 0.319 e. The van der Waals surface area contributed by atoms with E-state index in [1.165, 1.54) is 0 Å². The molecule has 0 aliphatic heterocycles. The van der Waals surface area contributed by atoms with Gasteiger partial charge in [0, 0.05) is 18.3 Å². The summed E-state index contributed by atoms with van der Waals surface area (Å²) in [5.41, 5.74) is 7.92. The lowest BCUT2D eigenvalue weighted by atomic mass is 10.1. The van der Waals surface area contributed by atoms with Crippen molar-refractivity contribution in [3.8, 4) is 0 Å². The Labute approximate surface area is 119 Å². The second-order valence-electron chi connectivity index (χ2n) is 4.55. The van der Waals surface area contributed by atoms with Crippen LogP contribution in [0.4, 0.5) is 10.5 Å². The fourth-order valence-corrected chi connectivity index (χ4v) is 1.90. The predicted octanol–water partition coefficient (Wildman–Crippen LogP) is 2.90. The topological polar surface area (TPSA) is 67.1 Å². The molecule has 2 aromatic rings. The number of amides is 2. The van der Waals surface area contributed by atoms with Crippen LogP contribution in [-0.4, -0.2) is 12.6 Å². The molecule has 2 aromatic carbocycles. The van der Waals surface area contributed by atoms with E-state index in [0.717, 1.165) is 11.3 Å². The lowest BCUT2D eigenvalue weighted by Crippen LogP contribution is -2.31. The molecule has 1 atom stereocenters. The van der Waals surface area contributed by atoms with Crippen molar-refractivity contribution in [2.24, 2.45) is 5.73 Å². The number of urea groups is 1. The summed E-state index contributed by atoms with van der Waals surface area (Å²) in [6.07, 6.45) is 0.701. The normalized spacial score (nSPS) is 11.7. The van der Waals surface area contributed by atoms with Crippen LogP contribution in [0.5, 0.6) is 0 Å². The van der Waals surface area contributed by atoms with Gasteiger partial charge in [-0.3, -0.25) is 0 Å². The van der Waals surface area contributed by atoms with Crippen molar-refractivity contribution in [3.63, 3.8) is 0 Å². The minimum absolute atomic E-state index is 0.0618. The molecule has 104 valence electrons. The molecule has 0 saturated carbocycles. The van der Waals surface area contributed by atoms with E-state index >= 15 is 0 Å². The third kappa shape index (κ3) is 4.40. The molecule has 0 saturated heterocycles. The minimum atomic E-state index is -0.212. The Morgan fingerprint density at radius 1 is 1.00 bits per heavy atom. The number of hydrogen-bond acceptors (Lipinski definition) is 2. The van der Waals surface area contributed by atoms with E-state index < -0.39 is 0 Å². The van der Waals surface area contributed by atoms with Crippen molar-refractivity contribution in [3.05, 3.63) is 66.2 Å². The summed E-state index contributed by atoms with van der Waals surface area (Å²) >= 11 is 0. The molecule has 0 radical (unpaired) electrons. The first-order chi connectivity index (χ1) is 9.75. The van der Waals surface area contributed by atoms with E-state index in [-0.39, 0.29) is 12.1 Å². The molecule has 2 amide bonds. The molecular formula is C16H19N3O. The highest BCUT2D eigenvalue weighted by atomic mass is 16.2. The first-order valence-corrected chi connectivity index (χ1v) is 6.66. The monoisotopic (exact) mass is 269 g/mol. The molecule has 4 nitrogen and oxygen atoms in total. The highest BCUT2D eigenvalue weighted by Crippen LogP contribution is 2.12. The van der Waals surface area contributed by atoms with Gasteiger partial charge in [0.2, 0.25) is 0 Å². The van der Waals surface area contributed by atoms with Crippen molar-refractivity contribution in [1.29, 1.82) is 0 Å². The number of rotatable bonds is 5. The molecule has 1 unspecified atom stereocenters. The fraction of sp³-hybridized carbons (Fsp3) is 0.188. The number of hydrogen-bond donors (Lipinski definition) is 3.